The molecule has 3 rings (SSSR count). The van der Waals surface area contributed by atoms with Gasteiger partial charge in [0.1, 0.15) is 11.6 Å². The average molecular weight is 426 g/mol. The van der Waals surface area contributed by atoms with Crippen molar-refractivity contribution >= 4 is 23.1 Å². The predicted octanol–water partition coefficient (Wildman–Crippen LogP) is 4.49. The van der Waals surface area contributed by atoms with Crippen LogP contribution in [0.2, 0.25) is 5.02 Å². The number of pyridine rings is 1. The molecule has 2 aromatic carbocycles. The second kappa shape index (κ2) is 8.91. The summed E-state index contributed by atoms with van der Waals surface area (Å²) >= 11 is 5.76. The number of nitrogens with zero attached hydrogens (tertiary/aromatic N) is 2. The molecule has 0 bridgehead atoms. The first-order valence-corrected chi connectivity index (χ1v) is 9.07. The van der Waals surface area contributed by atoms with Crippen molar-refractivity contribution in [2.75, 3.05) is 0 Å². The lowest BCUT2D eigenvalue weighted by atomic mass is 9.82. The highest BCUT2D eigenvalue weighted by molar-refractivity contribution is 6.30. The number of nitrogens with one attached hydrogen (secondary N) is 1. The number of aliphatic hydroxyl groups is 1. The second-order valence-corrected chi connectivity index (χ2v) is 6.85. The molecule has 0 aliphatic carbocycles. The number of carbonyl (C=O) groups excluding carboxylic acids is 1. The van der Waals surface area contributed by atoms with E-state index in [0.717, 1.165) is 18.2 Å². The molecule has 0 fully saturated rings. The molecule has 1 aromatic heterocycles. The maximum Gasteiger partial charge on any atom is 0.177 e. The van der Waals surface area contributed by atoms with Gasteiger partial charge < -0.3 is 10.5 Å². The van der Waals surface area contributed by atoms with Gasteiger partial charge in [-0.1, -0.05) is 17.7 Å². The van der Waals surface area contributed by atoms with Crippen molar-refractivity contribution in [1.29, 1.82) is 10.7 Å². The van der Waals surface area contributed by atoms with Crippen LogP contribution in [0.3, 0.4) is 0 Å². The Balaban J connectivity index is 2.11. The van der Waals surface area contributed by atoms with E-state index in [9.17, 15) is 18.7 Å². The highest BCUT2D eigenvalue weighted by atomic mass is 35.5. The Morgan fingerprint density at radius 1 is 1.13 bits per heavy atom. The number of aliphatic hydroxyl groups excluding tert-OH is 1. The fraction of sp³-hybridized carbons (Fsp3) is 0.0909. The van der Waals surface area contributed by atoms with Crippen LogP contribution in [0.5, 0.6) is 0 Å². The molecule has 0 aliphatic heterocycles. The van der Waals surface area contributed by atoms with Crippen LogP contribution < -0.4 is 0 Å². The summed E-state index contributed by atoms with van der Waals surface area (Å²) in [5, 5.41) is 28.3. The number of hydrogen-bond donors (Lipinski definition) is 2. The fourth-order valence-corrected chi connectivity index (χ4v) is 3.16. The molecule has 0 radical (unpaired) electrons. The van der Waals surface area contributed by atoms with Crippen LogP contribution in [0, 0.1) is 34.3 Å². The van der Waals surface area contributed by atoms with Gasteiger partial charge in [-0.2, -0.15) is 5.26 Å². The topological polar surface area (TPSA) is 97.8 Å². The lowest BCUT2D eigenvalue weighted by Gasteiger charge is -2.23. The molecule has 0 saturated heterocycles. The fourth-order valence-electron chi connectivity index (χ4n) is 3.00. The summed E-state index contributed by atoms with van der Waals surface area (Å²) in [4.78, 5) is 17.1. The van der Waals surface area contributed by atoms with Gasteiger partial charge in [-0.05, 0) is 48.0 Å². The molecule has 0 amide bonds. The molecule has 2 unspecified atom stereocenters. The van der Waals surface area contributed by atoms with Gasteiger partial charge >= 0.3 is 0 Å². The monoisotopic (exact) mass is 425 g/mol. The van der Waals surface area contributed by atoms with Crippen molar-refractivity contribution in [3.63, 3.8) is 0 Å². The third kappa shape index (κ3) is 4.25. The molecular formula is C22H14ClF2N3O2. The quantitative estimate of drug-likeness (QED) is 0.449. The Morgan fingerprint density at radius 2 is 1.83 bits per heavy atom. The second-order valence-electron chi connectivity index (χ2n) is 6.42. The third-order valence-corrected chi connectivity index (χ3v) is 4.76. The molecule has 1 heterocycles. The van der Waals surface area contributed by atoms with Crippen LogP contribution in [0.15, 0.2) is 60.9 Å². The summed E-state index contributed by atoms with van der Waals surface area (Å²) in [6.07, 6.45) is 1.16. The number of halogens is 3. The first kappa shape index (κ1) is 21.2. The Kier molecular flexibility index (Phi) is 6.31. The molecule has 2 N–H and O–H groups in total. The zero-order valence-corrected chi connectivity index (χ0v) is 16.1. The van der Waals surface area contributed by atoms with E-state index in [1.165, 1.54) is 42.7 Å². The van der Waals surface area contributed by atoms with Crippen LogP contribution in [0.25, 0.3) is 0 Å². The molecule has 0 spiro atoms. The normalized spacial score (nSPS) is 12.6. The van der Waals surface area contributed by atoms with Crippen LogP contribution in [-0.2, 0) is 0 Å². The zero-order chi connectivity index (χ0) is 21.8. The summed E-state index contributed by atoms with van der Waals surface area (Å²) in [7, 11) is 0. The first-order valence-electron chi connectivity index (χ1n) is 8.69. The van der Waals surface area contributed by atoms with Crippen molar-refractivity contribution in [3.8, 4) is 6.07 Å². The lowest BCUT2D eigenvalue weighted by Crippen LogP contribution is -2.32. The van der Waals surface area contributed by atoms with E-state index in [2.05, 4.69) is 4.98 Å². The van der Waals surface area contributed by atoms with Crippen molar-refractivity contribution in [2.24, 2.45) is 5.92 Å². The van der Waals surface area contributed by atoms with Gasteiger partial charge in [-0.15, -0.1) is 0 Å². The minimum Gasteiger partial charge on any atom is -0.387 e. The van der Waals surface area contributed by atoms with Gasteiger partial charge in [-0.25, -0.2) is 8.78 Å². The Bertz CT molecular complexity index is 1160. The Labute approximate surface area is 175 Å². The molecule has 2 atom stereocenters. The van der Waals surface area contributed by atoms with Crippen LogP contribution in [0.4, 0.5) is 8.78 Å². The van der Waals surface area contributed by atoms with E-state index in [4.69, 9.17) is 22.3 Å². The number of benzene rings is 2. The van der Waals surface area contributed by atoms with Gasteiger partial charge in [0.25, 0.3) is 0 Å². The summed E-state index contributed by atoms with van der Waals surface area (Å²) < 4.78 is 28.9. The van der Waals surface area contributed by atoms with Crippen molar-refractivity contribution in [1.82, 2.24) is 4.98 Å². The van der Waals surface area contributed by atoms with E-state index in [-0.39, 0.29) is 21.7 Å². The summed E-state index contributed by atoms with van der Waals surface area (Å²) in [5.41, 5.74) is -1.03. The highest BCUT2D eigenvalue weighted by Crippen LogP contribution is 2.30. The molecule has 8 heteroatoms. The summed E-state index contributed by atoms with van der Waals surface area (Å²) in [6, 6.07) is 11.5. The van der Waals surface area contributed by atoms with E-state index >= 15 is 0 Å². The first-order chi connectivity index (χ1) is 14.3. The smallest absolute Gasteiger partial charge is 0.177 e. The lowest BCUT2D eigenvalue weighted by molar-refractivity contribution is 0.0789. The minimum atomic E-state index is -1.63. The van der Waals surface area contributed by atoms with Gasteiger partial charge in [0, 0.05) is 23.0 Å². The number of rotatable bonds is 6. The van der Waals surface area contributed by atoms with E-state index in [1.807, 2.05) is 0 Å². The zero-order valence-electron chi connectivity index (χ0n) is 15.3. The summed E-state index contributed by atoms with van der Waals surface area (Å²) in [6.45, 7) is 0. The molecule has 3 aromatic rings. The van der Waals surface area contributed by atoms with Crippen LogP contribution >= 0.6 is 11.6 Å². The summed E-state index contributed by atoms with van der Waals surface area (Å²) in [5.74, 6) is -4.41. The number of ketones is 1. The van der Waals surface area contributed by atoms with Crippen molar-refractivity contribution in [3.05, 3.63) is 99.8 Å². The number of hydrogen-bond acceptors (Lipinski definition) is 5. The average Bonchev–Trinajstić information content (AvgIpc) is 2.74. The maximum atomic E-state index is 14.5. The van der Waals surface area contributed by atoms with Crippen molar-refractivity contribution in [2.45, 2.75) is 6.10 Å². The van der Waals surface area contributed by atoms with Crippen LogP contribution in [-0.4, -0.2) is 21.6 Å². The van der Waals surface area contributed by atoms with Gasteiger partial charge in [0.05, 0.1) is 34.9 Å². The number of nitriles is 1. The third-order valence-electron chi connectivity index (χ3n) is 4.52. The number of Topliss-reactive ketones (excluding diaryl/α,β-unsaturated/α-hetero) is 1. The molecular weight excluding hydrogens is 412 g/mol. The standard InChI is InChI=1S/C22H14ClF2N3O2/c23-14-4-6-15(18(25)9-14)20(27)19(21(29)13-2-1-7-28-11-13)22(30)16-5-3-12(10-26)8-17(16)24/h1-9,11,19,21,27,29H. The molecule has 30 heavy (non-hydrogen) atoms. The van der Waals surface area contributed by atoms with E-state index in [1.54, 1.807) is 6.07 Å². The SMILES string of the molecule is N#Cc1ccc(C(=O)C(C(=N)c2ccc(Cl)cc2F)C(O)c2cccnc2)c(F)c1. The maximum absolute atomic E-state index is 14.5. The molecule has 0 saturated carbocycles. The highest BCUT2D eigenvalue weighted by Gasteiger charge is 2.35. The number of aromatic nitrogens is 1. The van der Waals surface area contributed by atoms with Gasteiger partial charge in [0.15, 0.2) is 5.78 Å². The van der Waals surface area contributed by atoms with E-state index in [0.29, 0.717) is 0 Å². The Hall–Kier alpha value is -3.47. The molecule has 0 aliphatic rings. The van der Waals surface area contributed by atoms with Gasteiger partial charge in [-0.3, -0.25) is 9.78 Å². The van der Waals surface area contributed by atoms with E-state index < -0.39 is 40.7 Å². The predicted molar refractivity (Wildman–Crippen MR) is 106 cm³/mol. The van der Waals surface area contributed by atoms with Crippen molar-refractivity contribution < 1.29 is 18.7 Å². The van der Waals surface area contributed by atoms with Gasteiger partial charge in [0.2, 0.25) is 0 Å². The molecule has 150 valence electrons. The molecule has 5 nitrogen and oxygen atoms in total. The van der Waals surface area contributed by atoms with Crippen LogP contribution in [0.1, 0.15) is 33.2 Å². The largest absolute Gasteiger partial charge is 0.387 e. The number of carbonyl (C=O) groups is 1. The Morgan fingerprint density at radius 3 is 2.43 bits per heavy atom. The minimum absolute atomic E-state index is 0.00669.